The second kappa shape index (κ2) is 7.53. The summed E-state index contributed by atoms with van der Waals surface area (Å²) in [7, 11) is 0. The lowest BCUT2D eigenvalue weighted by atomic mass is 10.1. The van der Waals surface area contributed by atoms with Crippen molar-refractivity contribution in [2.24, 2.45) is 0 Å². The van der Waals surface area contributed by atoms with Gasteiger partial charge in [-0.05, 0) is 39.2 Å². The van der Waals surface area contributed by atoms with Gasteiger partial charge in [0.05, 0.1) is 12.7 Å². The summed E-state index contributed by atoms with van der Waals surface area (Å²) < 4.78 is 11.9. The van der Waals surface area contributed by atoms with Crippen LogP contribution in [0.25, 0.3) is 0 Å². The van der Waals surface area contributed by atoms with Gasteiger partial charge in [0.1, 0.15) is 0 Å². The first-order valence-electron chi connectivity index (χ1n) is 7.89. The third-order valence-electron chi connectivity index (χ3n) is 3.53. The van der Waals surface area contributed by atoms with Crippen molar-refractivity contribution in [3.63, 3.8) is 0 Å². The van der Waals surface area contributed by atoms with Crippen LogP contribution in [0.2, 0.25) is 0 Å². The molecule has 2 rings (SSSR count). The van der Waals surface area contributed by atoms with Crippen LogP contribution in [-0.2, 0) is 6.54 Å². The number of rotatable bonds is 9. The van der Waals surface area contributed by atoms with Gasteiger partial charge in [0.25, 0.3) is 0 Å². The molecule has 1 saturated carbocycles. The molecule has 0 radical (unpaired) electrons. The van der Waals surface area contributed by atoms with Gasteiger partial charge >= 0.3 is 0 Å². The maximum absolute atomic E-state index is 6.16. The number of hydrogen-bond donors (Lipinski definition) is 1. The van der Waals surface area contributed by atoms with Crippen LogP contribution in [0.5, 0.6) is 11.5 Å². The van der Waals surface area contributed by atoms with Crippen molar-refractivity contribution in [3.05, 3.63) is 23.8 Å². The number of para-hydroxylation sites is 1. The summed E-state index contributed by atoms with van der Waals surface area (Å²) in [6.45, 7) is 7.85. The van der Waals surface area contributed by atoms with Crippen LogP contribution in [0.3, 0.4) is 0 Å². The largest absolute Gasteiger partial charge is 0.490 e. The maximum Gasteiger partial charge on any atom is 0.166 e. The fraction of sp³-hybridized carbons (Fsp3) is 0.647. The summed E-state index contributed by atoms with van der Waals surface area (Å²) in [4.78, 5) is 0. The monoisotopic (exact) mass is 277 g/mol. The van der Waals surface area contributed by atoms with E-state index in [0.717, 1.165) is 30.9 Å². The number of hydrogen-bond acceptors (Lipinski definition) is 3. The minimum Gasteiger partial charge on any atom is -0.490 e. The number of ether oxygens (including phenoxy) is 2. The topological polar surface area (TPSA) is 30.5 Å². The molecule has 1 unspecified atom stereocenters. The third kappa shape index (κ3) is 4.41. The zero-order valence-corrected chi connectivity index (χ0v) is 12.9. The average molecular weight is 277 g/mol. The molecule has 1 N–H and O–H groups in total. The summed E-state index contributed by atoms with van der Waals surface area (Å²) in [6, 6.07) is 6.88. The van der Waals surface area contributed by atoms with Crippen LogP contribution < -0.4 is 14.8 Å². The van der Waals surface area contributed by atoms with Crippen LogP contribution >= 0.6 is 0 Å². The van der Waals surface area contributed by atoms with E-state index in [-0.39, 0.29) is 6.10 Å². The van der Waals surface area contributed by atoms with Gasteiger partial charge in [-0.15, -0.1) is 0 Å². The molecule has 1 aromatic rings. The zero-order chi connectivity index (χ0) is 14.4. The molecular weight excluding hydrogens is 250 g/mol. The summed E-state index contributed by atoms with van der Waals surface area (Å²) in [5, 5.41) is 3.55. The fourth-order valence-electron chi connectivity index (χ4n) is 2.31. The van der Waals surface area contributed by atoms with Gasteiger partial charge in [0.15, 0.2) is 11.5 Å². The van der Waals surface area contributed by atoms with Crippen LogP contribution in [0.15, 0.2) is 18.2 Å². The third-order valence-corrected chi connectivity index (χ3v) is 3.53. The van der Waals surface area contributed by atoms with Crippen molar-refractivity contribution in [2.45, 2.75) is 65.1 Å². The molecule has 0 saturated heterocycles. The minimum absolute atomic E-state index is 0.223. The highest BCUT2D eigenvalue weighted by Crippen LogP contribution is 2.33. The molecule has 1 aromatic carbocycles. The molecule has 0 heterocycles. The summed E-state index contributed by atoms with van der Waals surface area (Å²) in [5.74, 6) is 1.79. The number of benzene rings is 1. The first-order chi connectivity index (χ1) is 9.74. The molecule has 20 heavy (non-hydrogen) atoms. The Bertz CT molecular complexity index is 415. The minimum atomic E-state index is 0.223. The summed E-state index contributed by atoms with van der Waals surface area (Å²) >= 11 is 0. The predicted molar refractivity (Wildman–Crippen MR) is 82.5 cm³/mol. The molecule has 3 nitrogen and oxygen atoms in total. The molecule has 0 spiro atoms. The second-order valence-electron chi connectivity index (χ2n) is 5.55. The van der Waals surface area contributed by atoms with Gasteiger partial charge in [-0.2, -0.15) is 0 Å². The molecule has 1 fully saturated rings. The van der Waals surface area contributed by atoms with E-state index in [0.29, 0.717) is 12.6 Å². The molecule has 3 heteroatoms. The van der Waals surface area contributed by atoms with Crippen molar-refractivity contribution < 1.29 is 9.47 Å². The SMILES string of the molecule is CCCC(C)Oc1c(CNC2CC2)cccc1OCC. The van der Waals surface area contributed by atoms with Crippen molar-refractivity contribution >= 4 is 0 Å². The Morgan fingerprint density at radius 1 is 1.30 bits per heavy atom. The molecule has 1 atom stereocenters. The van der Waals surface area contributed by atoms with E-state index in [1.54, 1.807) is 0 Å². The predicted octanol–water partition coefficient (Wildman–Crippen LogP) is 3.90. The zero-order valence-electron chi connectivity index (χ0n) is 12.9. The van der Waals surface area contributed by atoms with Crippen molar-refractivity contribution in [1.82, 2.24) is 5.32 Å². The molecule has 0 amide bonds. The smallest absolute Gasteiger partial charge is 0.166 e. The van der Waals surface area contributed by atoms with E-state index >= 15 is 0 Å². The summed E-state index contributed by atoms with van der Waals surface area (Å²) in [5.41, 5.74) is 1.20. The Morgan fingerprint density at radius 3 is 2.75 bits per heavy atom. The Kier molecular flexibility index (Phi) is 5.72. The molecule has 0 bridgehead atoms. The Hall–Kier alpha value is -1.22. The van der Waals surface area contributed by atoms with Gasteiger partial charge < -0.3 is 14.8 Å². The van der Waals surface area contributed by atoms with E-state index < -0.39 is 0 Å². The number of nitrogens with one attached hydrogen (secondary N) is 1. The van der Waals surface area contributed by atoms with Crippen molar-refractivity contribution in [1.29, 1.82) is 0 Å². The van der Waals surface area contributed by atoms with E-state index in [2.05, 4.69) is 25.2 Å². The van der Waals surface area contributed by atoms with Crippen LogP contribution in [-0.4, -0.2) is 18.8 Å². The first-order valence-corrected chi connectivity index (χ1v) is 7.89. The van der Waals surface area contributed by atoms with E-state index in [1.165, 1.54) is 18.4 Å². The normalized spacial score (nSPS) is 15.9. The van der Waals surface area contributed by atoms with Gasteiger partial charge in [-0.1, -0.05) is 25.5 Å². The van der Waals surface area contributed by atoms with Gasteiger partial charge in [0.2, 0.25) is 0 Å². The van der Waals surface area contributed by atoms with E-state index in [1.807, 2.05) is 19.1 Å². The lowest BCUT2D eigenvalue weighted by Crippen LogP contribution is -2.18. The molecule has 0 aromatic heterocycles. The van der Waals surface area contributed by atoms with E-state index in [4.69, 9.17) is 9.47 Å². The van der Waals surface area contributed by atoms with Gasteiger partial charge in [0, 0.05) is 18.2 Å². The van der Waals surface area contributed by atoms with Crippen LogP contribution in [0.1, 0.15) is 52.0 Å². The lowest BCUT2D eigenvalue weighted by Gasteiger charge is -2.20. The Balaban J connectivity index is 2.11. The van der Waals surface area contributed by atoms with E-state index in [9.17, 15) is 0 Å². The lowest BCUT2D eigenvalue weighted by molar-refractivity contribution is 0.194. The Morgan fingerprint density at radius 2 is 2.10 bits per heavy atom. The molecule has 1 aliphatic rings. The average Bonchev–Trinajstić information content (AvgIpc) is 3.24. The maximum atomic E-state index is 6.16. The van der Waals surface area contributed by atoms with Crippen molar-refractivity contribution in [3.8, 4) is 11.5 Å². The second-order valence-corrected chi connectivity index (χ2v) is 5.55. The highest BCUT2D eigenvalue weighted by atomic mass is 16.5. The van der Waals surface area contributed by atoms with Gasteiger partial charge in [-0.25, -0.2) is 0 Å². The Labute approximate surface area is 122 Å². The first kappa shape index (κ1) is 15.2. The molecular formula is C17H27NO2. The quantitative estimate of drug-likeness (QED) is 0.742. The van der Waals surface area contributed by atoms with Gasteiger partial charge in [-0.3, -0.25) is 0 Å². The molecule has 112 valence electrons. The highest BCUT2D eigenvalue weighted by Gasteiger charge is 2.21. The molecule has 1 aliphatic carbocycles. The van der Waals surface area contributed by atoms with Crippen LogP contribution in [0, 0.1) is 0 Å². The standard InChI is InChI=1S/C17H27NO2/c1-4-7-13(3)20-17-14(12-18-15-10-11-15)8-6-9-16(17)19-5-2/h6,8-9,13,15,18H,4-5,7,10-12H2,1-3H3. The fourth-order valence-corrected chi connectivity index (χ4v) is 2.31. The highest BCUT2D eigenvalue weighted by molar-refractivity contribution is 5.46. The summed E-state index contributed by atoms with van der Waals surface area (Å²) in [6.07, 6.45) is 5.02. The van der Waals surface area contributed by atoms with Crippen LogP contribution in [0.4, 0.5) is 0 Å². The molecule has 0 aliphatic heterocycles. The van der Waals surface area contributed by atoms with Crippen molar-refractivity contribution in [2.75, 3.05) is 6.61 Å².